The van der Waals surface area contributed by atoms with Gasteiger partial charge in [0.05, 0.1) is 6.61 Å². The molecule has 2 aliphatic rings. The lowest BCUT2D eigenvalue weighted by molar-refractivity contribution is -0.146. The van der Waals surface area contributed by atoms with Crippen LogP contribution in [0.1, 0.15) is 37.7 Å². The molecule has 2 amide bonds. The summed E-state index contributed by atoms with van der Waals surface area (Å²) in [6.07, 6.45) is 3.54. The maximum Gasteiger partial charge on any atom is 0.225 e. The summed E-state index contributed by atoms with van der Waals surface area (Å²) in [5.74, 6) is 0.925. The van der Waals surface area contributed by atoms with Crippen LogP contribution in [-0.2, 0) is 20.9 Å². The molecule has 35 heavy (non-hydrogen) atoms. The minimum Gasteiger partial charge on any atom is -0.493 e. The Morgan fingerprint density at radius 3 is 2.66 bits per heavy atom. The van der Waals surface area contributed by atoms with Crippen molar-refractivity contribution in [3.05, 3.63) is 65.2 Å². The number of amides is 2. The molecule has 2 aliphatic heterocycles. The number of hydrogen-bond donors (Lipinski definition) is 0. The quantitative estimate of drug-likeness (QED) is 0.524. The minimum atomic E-state index is -0.455. The van der Waals surface area contributed by atoms with Gasteiger partial charge in [0.25, 0.3) is 0 Å². The third-order valence-electron chi connectivity index (χ3n) is 7.10. The van der Waals surface area contributed by atoms with Gasteiger partial charge in [-0.25, -0.2) is 0 Å². The first-order valence-electron chi connectivity index (χ1n) is 12.5. The molecule has 6 nitrogen and oxygen atoms in total. The van der Waals surface area contributed by atoms with Crippen LogP contribution in [0.25, 0.3) is 0 Å². The Balaban J connectivity index is 1.49. The summed E-state index contributed by atoms with van der Waals surface area (Å²) in [7, 11) is 1.84. The monoisotopic (exact) mass is 498 g/mol. The second kappa shape index (κ2) is 11.9. The van der Waals surface area contributed by atoms with Crippen molar-refractivity contribution in [2.45, 2.75) is 38.6 Å². The Bertz CT molecular complexity index is 995. The highest BCUT2D eigenvalue weighted by Gasteiger charge is 2.41. The van der Waals surface area contributed by atoms with E-state index in [1.165, 1.54) is 0 Å². The zero-order chi connectivity index (χ0) is 24.7. The van der Waals surface area contributed by atoms with Crippen molar-refractivity contribution in [3.8, 4) is 5.75 Å². The first-order valence-corrected chi connectivity index (χ1v) is 12.8. The first kappa shape index (κ1) is 25.5. The van der Waals surface area contributed by atoms with E-state index in [0.29, 0.717) is 50.1 Å². The Kier molecular flexibility index (Phi) is 8.69. The highest BCUT2D eigenvalue weighted by molar-refractivity contribution is 6.30. The molecular formula is C28H35ClN2O4. The fourth-order valence-electron chi connectivity index (χ4n) is 5.11. The standard InChI is InChI=1S/C28H35ClN2O4/c1-30(19-22-7-3-2-4-8-22)26(32)18-28(21-35-25-10-5-9-24(29)17-25)13-6-14-31(20-28)27(33)23-11-15-34-16-12-23/h2-5,7-10,17,23H,6,11-16,18-21H2,1H3/t28-/m1/s1. The number of benzene rings is 2. The van der Waals surface area contributed by atoms with E-state index in [1.807, 2.05) is 54.4 Å². The predicted octanol–water partition coefficient (Wildman–Crippen LogP) is 4.80. The largest absolute Gasteiger partial charge is 0.493 e. The molecule has 1 atom stereocenters. The van der Waals surface area contributed by atoms with E-state index >= 15 is 0 Å². The molecule has 0 bridgehead atoms. The molecule has 2 fully saturated rings. The van der Waals surface area contributed by atoms with Gasteiger partial charge >= 0.3 is 0 Å². The first-order chi connectivity index (χ1) is 16.9. The molecule has 4 rings (SSSR count). The number of carbonyl (C=O) groups is 2. The average molecular weight is 499 g/mol. The molecule has 0 aliphatic carbocycles. The molecule has 0 unspecified atom stereocenters. The number of nitrogens with zero attached hydrogens (tertiary/aromatic N) is 2. The Morgan fingerprint density at radius 1 is 1.14 bits per heavy atom. The summed E-state index contributed by atoms with van der Waals surface area (Å²) < 4.78 is 11.6. The van der Waals surface area contributed by atoms with Gasteiger partial charge in [-0.1, -0.05) is 48.0 Å². The van der Waals surface area contributed by atoms with E-state index < -0.39 is 5.41 Å². The molecule has 2 heterocycles. The van der Waals surface area contributed by atoms with Crippen LogP contribution in [0.2, 0.25) is 5.02 Å². The lowest BCUT2D eigenvalue weighted by Crippen LogP contribution is -2.52. The van der Waals surface area contributed by atoms with Crippen LogP contribution in [0.4, 0.5) is 0 Å². The molecule has 0 saturated carbocycles. The lowest BCUT2D eigenvalue weighted by Gasteiger charge is -2.44. The van der Waals surface area contributed by atoms with Gasteiger partial charge in [-0.05, 0) is 49.4 Å². The highest BCUT2D eigenvalue weighted by Crippen LogP contribution is 2.36. The predicted molar refractivity (Wildman–Crippen MR) is 136 cm³/mol. The Labute approximate surface area is 213 Å². The normalized spacial score (nSPS) is 20.9. The molecule has 2 saturated heterocycles. The number of ether oxygens (including phenoxy) is 2. The van der Waals surface area contributed by atoms with E-state index in [0.717, 1.165) is 37.8 Å². The van der Waals surface area contributed by atoms with E-state index in [1.54, 1.807) is 17.0 Å². The Hall–Kier alpha value is -2.57. The molecule has 2 aromatic rings. The molecule has 0 N–H and O–H groups in total. The van der Waals surface area contributed by atoms with Crippen molar-refractivity contribution < 1.29 is 19.1 Å². The summed E-state index contributed by atoms with van der Waals surface area (Å²) >= 11 is 6.15. The van der Waals surface area contributed by atoms with Crippen LogP contribution in [0.5, 0.6) is 5.75 Å². The lowest BCUT2D eigenvalue weighted by atomic mass is 9.76. The van der Waals surface area contributed by atoms with Gasteiger partial charge in [-0.2, -0.15) is 0 Å². The number of halogens is 1. The van der Waals surface area contributed by atoms with Crippen molar-refractivity contribution in [2.24, 2.45) is 11.3 Å². The number of piperidine rings is 1. The third-order valence-corrected chi connectivity index (χ3v) is 7.33. The van der Waals surface area contributed by atoms with Crippen LogP contribution in [0.3, 0.4) is 0 Å². The summed E-state index contributed by atoms with van der Waals surface area (Å²) in [6, 6.07) is 17.3. The van der Waals surface area contributed by atoms with Gasteiger partial charge in [0.1, 0.15) is 5.75 Å². The summed E-state index contributed by atoms with van der Waals surface area (Å²) in [6.45, 7) is 3.43. The van der Waals surface area contributed by atoms with Gasteiger partial charge in [-0.15, -0.1) is 0 Å². The van der Waals surface area contributed by atoms with E-state index in [4.69, 9.17) is 21.1 Å². The summed E-state index contributed by atoms with van der Waals surface area (Å²) in [4.78, 5) is 30.5. The maximum absolute atomic E-state index is 13.4. The molecule has 188 valence electrons. The highest BCUT2D eigenvalue weighted by atomic mass is 35.5. The average Bonchev–Trinajstić information content (AvgIpc) is 2.88. The molecular weight excluding hydrogens is 464 g/mol. The molecule has 0 aromatic heterocycles. The van der Waals surface area contributed by atoms with Crippen molar-refractivity contribution in [3.63, 3.8) is 0 Å². The maximum atomic E-state index is 13.4. The molecule has 0 radical (unpaired) electrons. The zero-order valence-corrected chi connectivity index (χ0v) is 21.2. The second-order valence-electron chi connectivity index (χ2n) is 9.91. The van der Waals surface area contributed by atoms with Crippen molar-refractivity contribution in [2.75, 3.05) is 40.0 Å². The zero-order valence-electron chi connectivity index (χ0n) is 20.5. The minimum absolute atomic E-state index is 0.00449. The Morgan fingerprint density at radius 2 is 1.91 bits per heavy atom. The molecule has 2 aromatic carbocycles. The number of hydrogen-bond acceptors (Lipinski definition) is 4. The summed E-state index contributed by atoms with van der Waals surface area (Å²) in [5, 5.41) is 0.607. The van der Waals surface area contributed by atoms with Gasteiger partial charge in [0, 0.05) is 62.7 Å². The number of rotatable bonds is 8. The van der Waals surface area contributed by atoms with Gasteiger partial charge < -0.3 is 19.3 Å². The van der Waals surface area contributed by atoms with Gasteiger partial charge in [0.15, 0.2) is 0 Å². The van der Waals surface area contributed by atoms with Crippen LogP contribution in [0, 0.1) is 11.3 Å². The van der Waals surface area contributed by atoms with Crippen molar-refractivity contribution in [1.29, 1.82) is 0 Å². The smallest absolute Gasteiger partial charge is 0.225 e. The van der Waals surface area contributed by atoms with Crippen LogP contribution < -0.4 is 4.74 Å². The number of likely N-dealkylation sites (tertiary alicyclic amines) is 1. The van der Waals surface area contributed by atoms with Crippen molar-refractivity contribution >= 4 is 23.4 Å². The third kappa shape index (κ3) is 6.98. The van der Waals surface area contributed by atoms with Crippen LogP contribution in [-0.4, -0.2) is 61.6 Å². The second-order valence-corrected chi connectivity index (χ2v) is 10.3. The topological polar surface area (TPSA) is 59.1 Å². The van der Waals surface area contributed by atoms with E-state index in [9.17, 15) is 9.59 Å². The SMILES string of the molecule is CN(Cc1ccccc1)C(=O)C[C@]1(COc2cccc(Cl)c2)CCCN(C(=O)C2CCOCC2)C1. The van der Waals surface area contributed by atoms with Crippen LogP contribution >= 0.6 is 11.6 Å². The fourth-order valence-corrected chi connectivity index (χ4v) is 5.29. The molecule has 7 heteroatoms. The van der Waals surface area contributed by atoms with Gasteiger partial charge in [-0.3, -0.25) is 9.59 Å². The van der Waals surface area contributed by atoms with Crippen molar-refractivity contribution in [1.82, 2.24) is 9.80 Å². The number of carbonyl (C=O) groups excluding carboxylic acids is 2. The summed E-state index contributed by atoms with van der Waals surface area (Å²) in [5.41, 5.74) is 0.635. The van der Waals surface area contributed by atoms with E-state index in [-0.39, 0.29) is 17.7 Å². The fraction of sp³-hybridized carbons (Fsp3) is 0.500. The van der Waals surface area contributed by atoms with E-state index in [2.05, 4.69) is 0 Å². The van der Waals surface area contributed by atoms with Crippen LogP contribution in [0.15, 0.2) is 54.6 Å². The molecule has 0 spiro atoms. The van der Waals surface area contributed by atoms with Gasteiger partial charge in [0.2, 0.25) is 11.8 Å².